The van der Waals surface area contributed by atoms with E-state index in [1.54, 1.807) is 6.07 Å². The van der Waals surface area contributed by atoms with Gasteiger partial charge in [-0.1, -0.05) is 32.0 Å². The van der Waals surface area contributed by atoms with Gasteiger partial charge in [-0.25, -0.2) is 0 Å². The first-order valence-corrected chi connectivity index (χ1v) is 8.40. The van der Waals surface area contributed by atoms with Crippen LogP contribution in [0.25, 0.3) is 0 Å². The molecule has 0 aromatic heterocycles. The number of carbonyl (C=O) groups is 3. The van der Waals surface area contributed by atoms with Crippen LogP contribution in [0.1, 0.15) is 45.1 Å². The molecule has 0 aliphatic carbocycles. The van der Waals surface area contributed by atoms with Crippen LogP contribution < -0.4 is 11.1 Å². The predicted molar refractivity (Wildman–Crippen MR) is 91.9 cm³/mol. The summed E-state index contributed by atoms with van der Waals surface area (Å²) in [7, 11) is 0. The average molecular weight is 331 g/mol. The maximum absolute atomic E-state index is 12.7. The van der Waals surface area contributed by atoms with Crippen molar-refractivity contribution in [3.05, 3.63) is 29.8 Å². The molecule has 0 bridgehead atoms. The van der Waals surface area contributed by atoms with E-state index in [2.05, 4.69) is 5.32 Å². The lowest BCUT2D eigenvalue weighted by atomic mass is 9.81. The summed E-state index contributed by atoms with van der Waals surface area (Å²) in [6, 6.07) is 7.24. The van der Waals surface area contributed by atoms with Crippen molar-refractivity contribution in [3.63, 3.8) is 0 Å². The number of rotatable bonds is 7. The third-order valence-corrected chi connectivity index (χ3v) is 4.97. The number of likely N-dealkylation sites (tertiary alicyclic amines) is 1. The Morgan fingerprint density at radius 3 is 2.29 bits per heavy atom. The minimum absolute atomic E-state index is 0.124. The van der Waals surface area contributed by atoms with E-state index in [-0.39, 0.29) is 43.7 Å². The standard InChI is InChI=1S/C18H25N3O3/c1-3-18(4-2,12-19)17(24)20-14-8-6-5-7-13(14)11-21-15(22)9-10-16(21)23/h5-8H,3-4,9-12,19H2,1-2H3,(H,20,24). The zero-order chi connectivity index (χ0) is 17.7. The fourth-order valence-corrected chi connectivity index (χ4v) is 2.96. The van der Waals surface area contributed by atoms with Crippen LogP contribution in [0.2, 0.25) is 0 Å². The number of hydrogen-bond donors (Lipinski definition) is 2. The fourth-order valence-electron chi connectivity index (χ4n) is 2.96. The Morgan fingerprint density at radius 1 is 1.17 bits per heavy atom. The number of carbonyl (C=O) groups excluding carboxylic acids is 3. The summed E-state index contributed by atoms with van der Waals surface area (Å²) in [5.74, 6) is -0.458. The monoisotopic (exact) mass is 331 g/mol. The first-order valence-electron chi connectivity index (χ1n) is 8.40. The van der Waals surface area contributed by atoms with Crippen LogP contribution in [0, 0.1) is 5.41 Å². The van der Waals surface area contributed by atoms with Crippen molar-refractivity contribution in [2.45, 2.75) is 46.1 Å². The van der Waals surface area contributed by atoms with Gasteiger partial charge in [0.15, 0.2) is 0 Å². The molecular weight excluding hydrogens is 306 g/mol. The molecule has 3 amide bonds. The Bertz CT molecular complexity index is 614. The third-order valence-electron chi connectivity index (χ3n) is 4.97. The molecule has 130 valence electrons. The van der Waals surface area contributed by atoms with Gasteiger partial charge in [0, 0.05) is 25.1 Å². The van der Waals surface area contributed by atoms with E-state index in [1.165, 1.54) is 4.90 Å². The van der Waals surface area contributed by atoms with Gasteiger partial charge < -0.3 is 11.1 Å². The van der Waals surface area contributed by atoms with Crippen LogP contribution in [0.15, 0.2) is 24.3 Å². The van der Waals surface area contributed by atoms with Crippen molar-refractivity contribution < 1.29 is 14.4 Å². The van der Waals surface area contributed by atoms with Crippen LogP contribution in [0.3, 0.4) is 0 Å². The number of nitrogens with zero attached hydrogens (tertiary/aromatic N) is 1. The van der Waals surface area contributed by atoms with Crippen molar-refractivity contribution in [1.29, 1.82) is 0 Å². The Balaban J connectivity index is 2.21. The molecule has 2 rings (SSSR count). The summed E-state index contributed by atoms with van der Waals surface area (Å²) < 4.78 is 0. The molecule has 0 spiro atoms. The van der Waals surface area contributed by atoms with E-state index in [9.17, 15) is 14.4 Å². The Kier molecular flexibility index (Phi) is 5.72. The van der Waals surface area contributed by atoms with Gasteiger partial charge >= 0.3 is 0 Å². The van der Waals surface area contributed by atoms with E-state index >= 15 is 0 Å². The highest BCUT2D eigenvalue weighted by Crippen LogP contribution is 2.28. The molecule has 1 heterocycles. The molecule has 0 saturated carbocycles. The second-order valence-corrected chi connectivity index (χ2v) is 6.18. The number of amides is 3. The number of hydrogen-bond acceptors (Lipinski definition) is 4. The van der Waals surface area contributed by atoms with E-state index in [0.29, 0.717) is 18.5 Å². The zero-order valence-electron chi connectivity index (χ0n) is 14.3. The summed E-state index contributed by atoms with van der Waals surface area (Å²) in [5.41, 5.74) is 6.59. The minimum atomic E-state index is -0.605. The SMILES string of the molecule is CCC(CC)(CN)C(=O)Nc1ccccc1CN1C(=O)CCC1=O. The molecule has 6 nitrogen and oxygen atoms in total. The van der Waals surface area contributed by atoms with Gasteiger partial charge in [0.25, 0.3) is 0 Å². The minimum Gasteiger partial charge on any atom is -0.329 e. The number of para-hydroxylation sites is 1. The predicted octanol–water partition coefficient (Wildman–Crippen LogP) is 2.04. The summed E-state index contributed by atoms with van der Waals surface area (Å²) >= 11 is 0. The molecule has 3 N–H and O–H groups in total. The number of imide groups is 1. The van der Waals surface area contributed by atoms with Gasteiger partial charge in [-0.2, -0.15) is 0 Å². The van der Waals surface area contributed by atoms with Crippen molar-refractivity contribution in [2.24, 2.45) is 11.1 Å². The summed E-state index contributed by atoms with van der Waals surface area (Å²) in [6.07, 6.45) is 1.82. The third kappa shape index (κ3) is 3.48. The highest BCUT2D eigenvalue weighted by atomic mass is 16.2. The molecule has 24 heavy (non-hydrogen) atoms. The quantitative estimate of drug-likeness (QED) is 0.748. The van der Waals surface area contributed by atoms with Crippen molar-refractivity contribution in [1.82, 2.24) is 4.90 Å². The van der Waals surface area contributed by atoms with Crippen LogP contribution in [0.4, 0.5) is 5.69 Å². The smallest absolute Gasteiger partial charge is 0.231 e. The molecule has 0 atom stereocenters. The van der Waals surface area contributed by atoms with Gasteiger partial charge in [0.2, 0.25) is 17.7 Å². The highest BCUT2D eigenvalue weighted by molar-refractivity contribution is 6.02. The summed E-state index contributed by atoms with van der Waals surface area (Å²) in [5, 5.41) is 2.94. The molecule has 1 aromatic rings. The number of anilines is 1. The second-order valence-electron chi connectivity index (χ2n) is 6.18. The lowest BCUT2D eigenvalue weighted by Gasteiger charge is -2.29. The van der Waals surface area contributed by atoms with Crippen molar-refractivity contribution in [2.75, 3.05) is 11.9 Å². The van der Waals surface area contributed by atoms with Crippen LogP contribution in [-0.2, 0) is 20.9 Å². The first kappa shape index (κ1) is 18.1. The van der Waals surface area contributed by atoms with Crippen molar-refractivity contribution in [3.8, 4) is 0 Å². The van der Waals surface area contributed by atoms with Gasteiger partial charge in [0.1, 0.15) is 0 Å². The largest absolute Gasteiger partial charge is 0.329 e. The highest BCUT2D eigenvalue weighted by Gasteiger charge is 2.34. The molecular formula is C18H25N3O3. The number of nitrogens with two attached hydrogens (primary N) is 1. The Labute approximate surface area is 142 Å². The summed E-state index contributed by atoms with van der Waals surface area (Å²) in [4.78, 5) is 37.6. The second kappa shape index (κ2) is 7.57. The van der Waals surface area contributed by atoms with Gasteiger partial charge in [-0.15, -0.1) is 0 Å². The van der Waals surface area contributed by atoms with E-state index in [1.807, 2.05) is 32.0 Å². The molecule has 1 saturated heterocycles. The normalized spacial score (nSPS) is 15.0. The lowest BCUT2D eigenvalue weighted by Crippen LogP contribution is -2.41. The first-order chi connectivity index (χ1) is 11.5. The van der Waals surface area contributed by atoms with Crippen LogP contribution >= 0.6 is 0 Å². The van der Waals surface area contributed by atoms with Crippen LogP contribution in [0.5, 0.6) is 0 Å². The molecule has 1 aliphatic rings. The van der Waals surface area contributed by atoms with Crippen LogP contribution in [-0.4, -0.2) is 29.2 Å². The molecule has 0 radical (unpaired) electrons. The Hall–Kier alpha value is -2.21. The Morgan fingerprint density at radius 2 is 1.75 bits per heavy atom. The van der Waals surface area contributed by atoms with E-state index in [4.69, 9.17) is 5.73 Å². The average Bonchev–Trinajstić information content (AvgIpc) is 2.90. The van der Waals surface area contributed by atoms with Gasteiger partial charge in [-0.3, -0.25) is 19.3 Å². The number of benzene rings is 1. The maximum atomic E-state index is 12.7. The van der Waals surface area contributed by atoms with Crippen molar-refractivity contribution >= 4 is 23.4 Å². The molecule has 1 fully saturated rings. The molecule has 0 unspecified atom stereocenters. The van der Waals surface area contributed by atoms with Gasteiger partial charge in [-0.05, 0) is 24.5 Å². The lowest BCUT2D eigenvalue weighted by molar-refractivity contribution is -0.139. The molecule has 1 aromatic carbocycles. The van der Waals surface area contributed by atoms with E-state index in [0.717, 1.165) is 5.56 Å². The zero-order valence-corrected chi connectivity index (χ0v) is 14.3. The van der Waals surface area contributed by atoms with Gasteiger partial charge in [0.05, 0.1) is 12.0 Å². The molecule has 1 aliphatic heterocycles. The summed E-state index contributed by atoms with van der Waals surface area (Å²) in [6.45, 7) is 4.35. The van der Waals surface area contributed by atoms with E-state index < -0.39 is 5.41 Å². The fraction of sp³-hybridized carbons (Fsp3) is 0.500. The maximum Gasteiger partial charge on any atom is 0.231 e. The number of nitrogens with one attached hydrogen (secondary N) is 1. The topological polar surface area (TPSA) is 92.5 Å². The molecule has 6 heteroatoms.